The molecule has 4 N–H and O–H groups in total. The Bertz CT molecular complexity index is 795. The van der Waals surface area contributed by atoms with Gasteiger partial charge in [0.05, 0.1) is 17.9 Å². The van der Waals surface area contributed by atoms with Gasteiger partial charge in [-0.1, -0.05) is 0 Å². The molecule has 0 spiro atoms. The van der Waals surface area contributed by atoms with Crippen LogP contribution in [0.3, 0.4) is 0 Å². The smallest absolute Gasteiger partial charge is 0.370 e. The zero-order valence-electron chi connectivity index (χ0n) is 14.7. The van der Waals surface area contributed by atoms with Crippen molar-refractivity contribution in [2.45, 2.75) is 31.1 Å². The summed E-state index contributed by atoms with van der Waals surface area (Å²) in [5.41, 5.74) is 3.58. The third kappa shape index (κ3) is 4.60. The molecule has 0 unspecified atom stereocenters. The quantitative estimate of drug-likeness (QED) is 0.606. The summed E-state index contributed by atoms with van der Waals surface area (Å²) < 4.78 is 45.6. The maximum Gasteiger partial charge on any atom is 0.418 e. The van der Waals surface area contributed by atoms with E-state index in [1.165, 1.54) is 11.0 Å². The maximum atomic E-state index is 13.5. The predicted octanol–water partition coefficient (Wildman–Crippen LogP) is 0.613. The second-order valence-electron chi connectivity index (χ2n) is 6.59. The Hall–Kier alpha value is -2.66. The second-order valence-corrected chi connectivity index (χ2v) is 6.59. The lowest BCUT2D eigenvalue weighted by molar-refractivity contribution is -0.137. The summed E-state index contributed by atoms with van der Waals surface area (Å²) in [5, 5.41) is 4.83. The van der Waals surface area contributed by atoms with Crippen LogP contribution < -0.4 is 21.3 Å². The molecule has 1 aliphatic heterocycles. The molecule has 0 radical (unpaired) electrons. The SMILES string of the molecule is NC(=O)[C@@H](NC1CC1)C(=O)Nc1ccc(N2CCOCC2=O)cc1C(F)(F)F. The number of hydrogen-bond donors (Lipinski definition) is 3. The number of primary amides is 1. The Labute approximate surface area is 158 Å². The highest BCUT2D eigenvalue weighted by Gasteiger charge is 2.37. The van der Waals surface area contributed by atoms with Gasteiger partial charge in [0.25, 0.3) is 11.8 Å². The molecule has 1 aromatic rings. The summed E-state index contributed by atoms with van der Waals surface area (Å²) in [5.74, 6) is -2.41. The van der Waals surface area contributed by atoms with E-state index in [2.05, 4.69) is 10.6 Å². The monoisotopic (exact) mass is 400 g/mol. The normalized spacial score (nSPS) is 18.7. The number of benzene rings is 1. The molecule has 3 rings (SSSR count). The van der Waals surface area contributed by atoms with Crippen LogP contribution >= 0.6 is 0 Å². The first kappa shape index (κ1) is 20.1. The summed E-state index contributed by atoms with van der Waals surface area (Å²) in [7, 11) is 0. The van der Waals surface area contributed by atoms with Gasteiger partial charge in [0.2, 0.25) is 5.91 Å². The minimum absolute atomic E-state index is 0.0428. The average molecular weight is 400 g/mol. The van der Waals surface area contributed by atoms with Gasteiger partial charge in [-0.25, -0.2) is 0 Å². The first-order valence-corrected chi connectivity index (χ1v) is 8.62. The van der Waals surface area contributed by atoms with Crippen molar-refractivity contribution in [1.29, 1.82) is 0 Å². The number of nitrogens with two attached hydrogens (primary N) is 1. The molecule has 1 aromatic carbocycles. The molecule has 1 aliphatic carbocycles. The Morgan fingerprint density at radius 3 is 2.57 bits per heavy atom. The second kappa shape index (κ2) is 7.76. The third-order valence-electron chi connectivity index (χ3n) is 4.39. The number of halogens is 3. The highest BCUT2D eigenvalue weighted by molar-refractivity contribution is 6.10. The number of ether oxygens (including phenoxy) is 1. The number of hydrogen-bond acceptors (Lipinski definition) is 5. The fourth-order valence-corrected chi connectivity index (χ4v) is 2.81. The number of anilines is 2. The standard InChI is InChI=1S/C17H19F3N4O4/c18-17(19,20)11-7-10(24-5-6-28-8-13(24)25)3-4-12(11)23-16(27)14(15(21)26)22-9-1-2-9/h3-4,7,9,14,22H,1-2,5-6,8H2,(H2,21,26)(H,23,27)/t14-/m1/s1. The fourth-order valence-electron chi connectivity index (χ4n) is 2.81. The number of amides is 3. The van der Waals surface area contributed by atoms with Crippen LogP contribution in [0.15, 0.2) is 18.2 Å². The molecular weight excluding hydrogens is 381 g/mol. The molecule has 1 heterocycles. The molecule has 152 valence electrons. The van der Waals surface area contributed by atoms with Gasteiger partial charge in [0.1, 0.15) is 6.61 Å². The van der Waals surface area contributed by atoms with Crippen LogP contribution in [-0.2, 0) is 25.3 Å². The van der Waals surface area contributed by atoms with Crippen molar-refractivity contribution in [1.82, 2.24) is 5.32 Å². The third-order valence-corrected chi connectivity index (χ3v) is 4.39. The van der Waals surface area contributed by atoms with Gasteiger partial charge in [0, 0.05) is 18.3 Å². The predicted molar refractivity (Wildman–Crippen MR) is 92.4 cm³/mol. The van der Waals surface area contributed by atoms with E-state index >= 15 is 0 Å². The van der Waals surface area contributed by atoms with Gasteiger partial charge in [-0.2, -0.15) is 13.2 Å². The van der Waals surface area contributed by atoms with E-state index in [9.17, 15) is 27.6 Å². The van der Waals surface area contributed by atoms with Gasteiger partial charge >= 0.3 is 6.18 Å². The van der Waals surface area contributed by atoms with Gasteiger partial charge in [-0.3, -0.25) is 19.7 Å². The summed E-state index contributed by atoms with van der Waals surface area (Å²) >= 11 is 0. The lowest BCUT2D eigenvalue weighted by Gasteiger charge is -2.28. The van der Waals surface area contributed by atoms with Gasteiger partial charge in [-0.05, 0) is 31.0 Å². The fraction of sp³-hybridized carbons (Fsp3) is 0.471. The zero-order chi connectivity index (χ0) is 20.5. The zero-order valence-corrected chi connectivity index (χ0v) is 14.7. The van der Waals surface area contributed by atoms with E-state index in [-0.39, 0.29) is 31.5 Å². The molecule has 8 nitrogen and oxygen atoms in total. The lowest BCUT2D eigenvalue weighted by atomic mass is 10.1. The van der Waals surface area contributed by atoms with Crippen molar-refractivity contribution in [2.75, 3.05) is 30.0 Å². The first-order chi connectivity index (χ1) is 13.2. The van der Waals surface area contributed by atoms with Crippen LogP contribution in [0.4, 0.5) is 24.5 Å². The summed E-state index contributed by atoms with van der Waals surface area (Å²) in [6, 6.07) is 1.64. The first-order valence-electron chi connectivity index (χ1n) is 8.62. The lowest BCUT2D eigenvalue weighted by Crippen LogP contribution is -2.50. The number of rotatable bonds is 6. The number of morpholine rings is 1. The van der Waals surface area contributed by atoms with Crippen LogP contribution in [0.1, 0.15) is 18.4 Å². The van der Waals surface area contributed by atoms with Crippen molar-refractivity contribution in [3.8, 4) is 0 Å². The van der Waals surface area contributed by atoms with Gasteiger partial charge < -0.3 is 20.7 Å². The molecule has 28 heavy (non-hydrogen) atoms. The van der Waals surface area contributed by atoms with Crippen LogP contribution in [0.5, 0.6) is 0 Å². The minimum Gasteiger partial charge on any atom is -0.370 e. The van der Waals surface area contributed by atoms with Gasteiger partial charge in [0.15, 0.2) is 6.04 Å². The van der Waals surface area contributed by atoms with E-state index < -0.39 is 41.2 Å². The highest BCUT2D eigenvalue weighted by Crippen LogP contribution is 2.37. The van der Waals surface area contributed by atoms with Crippen LogP contribution in [0.2, 0.25) is 0 Å². The molecule has 0 bridgehead atoms. The van der Waals surface area contributed by atoms with E-state index in [0.29, 0.717) is 0 Å². The van der Waals surface area contributed by atoms with Crippen LogP contribution in [0, 0.1) is 0 Å². The van der Waals surface area contributed by atoms with Crippen molar-refractivity contribution in [3.63, 3.8) is 0 Å². The van der Waals surface area contributed by atoms with E-state index in [1.807, 2.05) is 0 Å². The number of nitrogens with one attached hydrogen (secondary N) is 2. The summed E-state index contributed by atoms with van der Waals surface area (Å²) in [6.07, 6.45) is -3.28. The van der Waals surface area contributed by atoms with Crippen molar-refractivity contribution < 1.29 is 32.3 Å². The highest BCUT2D eigenvalue weighted by atomic mass is 19.4. The molecule has 3 amide bonds. The molecule has 11 heteroatoms. The number of nitrogens with zero attached hydrogens (tertiary/aromatic N) is 1. The van der Waals surface area contributed by atoms with Crippen LogP contribution in [0.25, 0.3) is 0 Å². The topological polar surface area (TPSA) is 114 Å². The Morgan fingerprint density at radius 2 is 2.00 bits per heavy atom. The molecule has 0 aromatic heterocycles. The molecule has 1 saturated heterocycles. The summed E-state index contributed by atoms with van der Waals surface area (Å²) in [4.78, 5) is 36.9. The Balaban J connectivity index is 1.86. The van der Waals surface area contributed by atoms with E-state index in [4.69, 9.17) is 10.5 Å². The number of carbonyl (C=O) groups excluding carboxylic acids is 3. The largest absolute Gasteiger partial charge is 0.418 e. The Morgan fingerprint density at radius 1 is 1.29 bits per heavy atom. The van der Waals surface area contributed by atoms with Gasteiger partial charge in [-0.15, -0.1) is 0 Å². The van der Waals surface area contributed by atoms with Crippen molar-refractivity contribution in [3.05, 3.63) is 23.8 Å². The molecule has 2 aliphatic rings. The maximum absolute atomic E-state index is 13.5. The Kier molecular flexibility index (Phi) is 5.57. The van der Waals surface area contributed by atoms with E-state index in [1.54, 1.807) is 0 Å². The molecule has 2 fully saturated rings. The number of alkyl halides is 3. The van der Waals surface area contributed by atoms with Crippen molar-refractivity contribution in [2.24, 2.45) is 5.73 Å². The molecular formula is C17H19F3N4O4. The summed E-state index contributed by atoms with van der Waals surface area (Å²) in [6.45, 7) is 0.114. The van der Waals surface area contributed by atoms with E-state index in [0.717, 1.165) is 25.0 Å². The average Bonchev–Trinajstić information content (AvgIpc) is 3.43. The minimum atomic E-state index is -4.79. The molecule has 1 atom stereocenters. The molecule has 1 saturated carbocycles. The van der Waals surface area contributed by atoms with Crippen molar-refractivity contribution >= 4 is 29.1 Å². The van der Waals surface area contributed by atoms with Crippen LogP contribution in [-0.4, -0.2) is 49.6 Å². The number of carbonyl (C=O) groups is 3.